The van der Waals surface area contributed by atoms with Crippen molar-refractivity contribution in [3.05, 3.63) is 53.9 Å². The molecule has 0 saturated carbocycles. The third-order valence-corrected chi connectivity index (χ3v) is 4.02. The number of aromatic nitrogens is 2. The first-order valence-electron chi connectivity index (χ1n) is 7.91. The summed E-state index contributed by atoms with van der Waals surface area (Å²) in [5, 5.41) is 2.60. The highest BCUT2D eigenvalue weighted by Gasteiger charge is 2.43. The molecule has 3 aromatic rings. The van der Waals surface area contributed by atoms with Crippen LogP contribution in [0.25, 0.3) is 11.1 Å². The summed E-state index contributed by atoms with van der Waals surface area (Å²) in [7, 11) is 0. The fourth-order valence-electron chi connectivity index (χ4n) is 2.73. The van der Waals surface area contributed by atoms with Gasteiger partial charge < -0.3 is 19.2 Å². The number of pyridine rings is 1. The zero-order chi connectivity index (χ0) is 19.2. The van der Waals surface area contributed by atoms with Gasteiger partial charge in [-0.2, -0.15) is 0 Å². The molecule has 138 valence electrons. The van der Waals surface area contributed by atoms with Crippen LogP contribution in [0.3, 0.4) is 0 Å². The second kappa shape index (κ2) is 6.04. The Morgan fingerprint density at radius 3 is 2.48 bits per heavy atom. The van der Waals surface area contributed by atoms with Gasteiger partial charge >= 0.3 is 6.29 Å². The minimum absolute atomic E-state index is 0.0134. The van der Waals surface area contributed by atoms with E-state index in [9.17, 15) is 13.6 Å². The fourth-order valence-corrected chi connectivity index (χ4v) is 2.73. The molecule has 4 rings (SSSR count). The fraction of sp³-hybridized carbons (Fsp3) is 0.167. The summed E-state index contributed by atoms with van der Waals surface area (Å²) in [6.45, 7) is 3.42. The summed E-state index contributed by atoms with van der Waals surface area (Å²) in [5.41, 5.74) is 2.51. The largest absolute Gasteiger partial charge is 0.586 e. The lowest BCUT2D eigenvalue weighted by molar-refractivity contribution is -0.286. The number of rotatable bonds is 3. The van der Waals surface area contributed by atoms with Crippen molar-refractivity contribution in [2.75, 3.05) is 5.32 Å². The van der Waals surface area contributed by atoms with Gasteiger partial charge in [0.05, 0.1) is 5.69 Å². The first-order valence-corrected chi connectivity index (χ1v) is 7.91. The van der Waals surface area contributed by atoms with Gasteiger partial charge in [-0.3, -0.25) is 4.79 Å². The van der Waals surface area contributed by atoms with E-state index in [2.05, 4.69) is 24.8 Å². The number of benzene rings is 1. The standard InChI is InChI=1S/C18H13F2N3O4/c1-9-5-13-14(27-18(19,20)26-13)6-12(9)11-3-4-15(21-7-11)23-17(24)16-10(2)22-8-25-16/h3-8H,1-2H3,(H,21,23,24). The van der Waals surface area contributed by atoms with Gasteiger partial charge in [0.1, 0.15) is 5.82 Å². The molecule has 27 heavy (non-hydrogen) atoms. The van der Waals surface area contributed by atoms with E-state index in [-0.39, 0.29) is 17.3 Å². The van der Waals surface area contributed by atoms with Gasteiger partial charge in [-0.25, -0.2) is 9.97 Å². The van der Waals surface area contributed by atoms with Crippen molar-refractivity contribution in [1.29, 1.82) is 0 Å². The summed E-state index contributed by atoms with van der Waals surface area (Å²) >= 11 is 0. The van der Waals surface area contributed by atoms with E-state index in [1.54, 1.807) is 26.0 Å². The van der Waals surface area contributed by atoms with Gasteiger partial charge in [-0.05, 0) is 49.2 Å². The van der Waals surface area contributed by atoms with Gasteiger partial charge in [0.15, 0.2) is 17.9 Å². The summed E-state index contributed by atoms with van der Waals surface area (Å²) in [6.07, 6.45) is -0.961. The average Bonchev–Trinajstić information content (AvgIpc) is 3.16. The molecule has 2 aromatic heterocycles. The lowest BCUT2D eigenvalue weighted by Gasteiger charge is -2.08. The lowest BCUT2D eigenvalue weighted by Crippen LogP contribution is -2.25. The third kappa shape index (κ3) is 3.19. The number of nitrogens with one attached hydrogen (secondary N) is 1. The molecule has 0 saturated heterocycles. The number of hydrogen-bond acceptors (Lipinski definition) is 6. The Labute approximate surface area is 152 Å². The zero-order valence-electron chi connectivity index (χ0n) is 14.2. The number of oxazole rings is 1. The van der Waals surface area contributed by atoms with Crippen LogP contribution >= 0.6 is 0 Å². The Kier molecular flexibility index (Phi) is 3.79. The quantitative estimate of drug-likeness (QED) is 0.749. The number of carbonyl (C=O) groups excluding carboxylic acids is 1. The van der Waals surface area contributed by atoms with Crippen molar-refractivity contribution in [3.63, 3.8) is 0 Å². The van der Waals surface area contributed by atoms with Crippen LogP contribution in [0.2, 0.25) is 0 Å². The van der Waals surface area contributed by atoms with Gasteiger partial charge in [-0.1, -0.05) is 0 Å². The maximum absolute atomic E-state index is 13.2. The number of carbonyl (C=O) groups is 1. The van der Waals surface area contributed by atoms with Crippen LogP contribution in [-0.2, 0) is 0 Å². The minimum Gasteiger partial charge on any atom is -0.438 e. The number of anilines is 1. The predicted octanol–water partition coefficient (Wildman–Crippen LogP) is 3.93. The normalized spacial score (nSPS) is 14.2. The van der Waals surface area contributed by atoms with Crippen molar-refractivity contribution < 1.29 is 27.5 Å². The molecule has 0 radical (unpaired) electrons. The molecule has 3 heterocycles. The number of ether oxygens (including phenoxy) is 2. The predicted molar refractivity (Wildman–Crippen MR) is 89.8 cm³/mol. The Hall–Kier alpha value is -3.49. The average molecular weight is 373 g/mol. The van der Waals surface area contributed by atoms with Crippen molar-refractivity contribution in [2.45, 2.75) is 20.1 Å². The number of fused-ring (bicyclic) bond motifs is 1. The number of hydrogen-bond donors (Lipinski definition) is 1. The SMILES string of the molecule is Cc1cc2c(cc1-c1ccc(NC(=O)c3ocnc3C)nc1)OC(F)(F)O2. The molecule has 1 aliphatic rings. The highest BCUT2D eigenvalue weighted by Crippen LogP contribution is 2.44. The lowest BCUT2D eigenvalue weighted by atomic mass is 10.0. The number of amides is 1. The molecule has 9 heteroatoms. The summed E-state index contributed by atoms with van der Waals surface area (Å²) in [6, 6.07) is 6.25. The molecule has 0 spiro atoms. The maximum Gasteiger partial charge on any atom is 0.586 e. The molecule has 0 fully saturated rings. The zero-order valence-corrected chi connectivity index (χ0v) is 14.2. The molecule has 1 aliphatic heterocycles. The van der Waals surface area contributed by atoms with Crippen molar-refractivity contribution in [1.82, 2.24) is 9.97 Å². The third-order valence-electron chi connectivity index (χ3n) is 4.02. The van der Waals surface area contributed by atoms with E-state index in [4.69, 9.17) is 4.42 Å². The first kappa shape index (κ1) is 17.0. The number of alkyl halides is 2. The summed E-state index contributed by atoms with van der Waals surface area (Å²) in [5.74, 6) is -0.107. The Balaban J connectivity index is 1.57. The maximum atomic E-state index is 13.2. The van der Waals surface area contributed by atoms with Crippen LogP contribution in [0, 0.1) is 13.8 Å². The van der Waals surface area contributed by atoms with Crippen molar-refractivity contribution in [2.24, 2.45) is 0 Å². The topological polar surface area (TPSA) is 86.5 Å². The second-order valence-electron chi connectivity index (χ2n) is 5.93. The second-order valence-corrected chi connectivity index (χ2v) is 5.93. The number of aryl methyl sites for hydroxylation is 2. The summed E-state index contributed by atoms with van der Waals surface area (Å²) in [4.78, 5) is 20.1. The Bertz CT molecular complexity index is 1030. The molecule has 1 aromatic carbocycles. The highest BCUT2D eigenvalue weighted by atomic mass is 19.3. The smallest absolute Gasteiger partial charge is 0.438 e. The van der Waals surface area contributed by atoms with Crippen molar-refractivity contribution in [3.8, 4) is 22.6 Å². The molecular weight excluding hydrogens is 360 g/mol. The van der Waals surface area contributed by atoms with E-state index in [1.165, 1.54) is 24.7 Å². The molecule has 7 nitrogen and oxygen atoms in total. The van der Waals surface area contributed by atoms with Gasteiger partial charge in [0, 0.05) is 11.8 Å². The molecule has 0 bridgehead atoms. The molecule has 1 N–H and O–H groups in total. The number of nitrogens with zero attached hydrogens (tertiary/aromatic N) is 2. The molecular formula is C18H13F2N3O4. The Morgan fingerprint density at radius 1 is 1.11 bits per heavy atom. The van der Waals surface area contributed by atoms with Crippen LogP contribution in [0.1, 0.15) is 21.8 Å². The van der Waals surface area contributed by atoms with E-state index in [0.29, 0.717) is 28.2 Å². The molecule has 0 aliphatic carbocycles. The minimum atomic E-state index is -3.67. The van der Waals surface area contributed by atoms with E-state index in [1.807, 2.05) is 0 Å². The Morgan fingerprint density at radius 2 is 1.85 bits per heavy atom. The molecule has 0 unspecified atom stereocenters. The van der Waals surface area contributed by atoms with Crippen LogP contribution < -0.4 is 14.8 Å². The summed E-state index contributed by atoms with van der Waals surface area (Å²) < 4.78 is 40.4. The van der Waals surface area contributed by atoms with Crippen LogP contribution in [0.5, 0.6) is 11.5 Å². The van der Waals surface area contributed by atoms with Crippen LogP contribution in [0.15, 0.2) is 41.3 Å². The molecule has 1 amide bonds. The van der Waals surface area contributed by atoms with Gasteiger partial charge in [0.25, 0.3) is 5.91 Å². The van der Waals surface area contributed by atoms with Gasteiger partial charge in [0.2, 0.25) is 5.76 Å². The highest BCUT2D eigenvalue weighted by molar-refractivity contribution is 6.02. The van der Waals surface area contributed by atoms with E-state index >= 15 is 0 Å². The van der Waals surface area contributed by atoms with Crippen LogP contribution in [-0.4, -0.2) is 22.2 Å². The van der Waals surface area contributed by atoms with E-state index in [0.717, 1.165) is 0 Å². The van der Waals surface area contributed by atoms with Crippen LogP contribution in [0.4, 0.5) is 14.6 Å². The van der Waals surface area contributed by atoms with Crippen molar-refractivity contribution >= 4 is 11.7 Å². The molecule has 0 atom stereocenters. The number of halogens is 2. The van der Waals surface area contributed by atoms with E-state index < -0.39 is 12.2 Å². The monoisotopic (exact) mass is 373 g/mol. The van der Waals surface area contributed by atoms with Gasteiger partial charge in [-0.15, -0.1) is 8.78 Å². The first-order chi connectivity index (χ1) is 12.8.